The lowest BCUT2D eigenvalue weighted by Gasteiger charge is -2.02. The standard InChI is InChI=1S/C12H12FN3/c13-10-3-1-2-9(6-10)7-12-15-5-4-11(8-14)16-12/h1-6H,7-8,14H2. The summed E-state index contributed by atoms with van der Waals surface area (Å²) in [5.41, 5.74) is 7.13. The molecule has 82 valence electrons. The Balaban J connectivity index is 2.20. The van der Waals surface area contributed by atoms with Gasteiger partial charge < -0.3 is 5.73 Å². The smallest absolute Gasteiger partial charge is 0.132 e. The van der Waals surface area contributed by atoms with Crippen LogP contribution in [0, 0.1) is 5.82 Å². The van der Waals surface area contributed by atoms with E-state index in [0.29, 0.717) is 18.8 Å². The molecular formula is C12H12FN3. The van der Waals surface area contributed by atoms with Crippen LogP contribution in [0.5, 0.6) is 0 Å². The van der Waals surface area contributed by atoms with Crippen molar-refractivity contribution in [2.45, 2.75) is 13.0 Å². The van der Waals surface area contributed by atoms with Gasteiger partial charge in [0.25, 0.3) is 0 Å². The molecule has 0 bridgehead atoms. The van der Waals surface area contributed by atoms with Crippen molar-refractivity contribution in [3.63, 3.8) is 0 Å². The van der Waals surface area contributed by atoms with Gasteiger partial charge in [-0.05, 0) is 23.8 Å². The first-order valence-electron chi connectivity index (χ1n) is 5.03. The maximum Gasteiger partial charge on any atom is 0.132 e. The van der Waals surface area contributed by atoms with Crippen LogP contribution < -0.4 is 5.73 Å². The predicted octanol–water partition coefficient (Wildman–Crippen LogP) is 1.67. The van der Waals surface area contributed by atoms with E-state index >= 15 is 0 Å². The number of halogens is 1. The predicted molar refractivity (Wildman–Crippen MR) is 59.1 cm³/mol. The van der Waals surface area contributed by atoms with Gasteiger partial charge in [-0.2, -0.15) is 0 Å². The number of rotatable bonds is 3. The van der Waals surface area contributed by atoms with E-state index in [1.165, 1.54) is 12.1 Å². The third-order valence-electron chi connectivity index (χ3n) is 2.22. The molecule has 2 rings (SSSR count). The summed E-state index contributed by atoms with van der Waals surface area (Å²) in [5.74, 6) is 0.418. The first-order chi connectivity index (χ1) is 7.78. The molecule has 0 atom stereocenters. The Kier molecular flexibility index (Phi) is 3.22. The summed E-state index contributed by atoms with van der Waals surface area (Å²) in [4.78, 5) is 8.38. The van der Waals surface area contributed by atoms with Crippen LogP contribution in [0.15, 0.2) is 36.5 Å². The minimum Gasteiger partial charge on any atom is -0.325 e. The van der Waals surface area contributed by atoms with E-state index in [1.807, 2.05) is 6.07 Å². The molecule has 2 aromatic rings. The summed E-state index contributed by atoms with van der Waals surface area (Å²) in [6, 6.07) is 8.20. The Hall–Kier alpha value is -1.81. The fourth-order valence-electron chi connectivity index (χ4n) is 1.47. The Bertz CT molecular complexity index is 485. The highest BCUT2D eigenvalue weighted by Crippen LogP contribution is 2.08. The van der Waals surface area contributed by atoms with Crippen LogP contribution in [0.4, 0.5) is 4.39 Å². The summed E-state index contributed by atoms with van der Waals surface area (Å²) in [6.45, 7) is 0.388. The number of nitrogens with zero attached hydrogens (tertiary/aromatic N) is 2. The first kappa shape index (κ1) is 10.7. The molecule has 0 spiro atoms. The second kappa shape index (κ2) is 4.81. The largest absolute Gasteiger partial charge is 0.325 e. The van der Waals surface area contributed by atoms with Crippen molar-refractivity contribution in [2.75, 3.05) is 0 Å². The minimum atomic E-state index is -0.243. The number of hydrogen-bond donors (Lipinski definition) is 1. The van der Waals surface area contributed by atoms with Crippen molar-refractivity contribution in [2.24, 2.45) is 5.73 Å². The fourth-order valence-corrected chi connectivity index (χ4v) is 1.47. The van der Waals surface area contributed by atoms with Crippen LogP contribution in [0.3, 0.4) is 0 Å². The highest BCUT2D eigenvalue weighted by Gasteiger charge is 2.01. The highest BCUT2D eigenvalue weighted by molar-refractivity contribution is 5.20. The average molecular weight is 217 g/mol. The fraction of sp³-hybridized carbons (Fsp3) is 0.167. The van der Waals surface area contributed by atoms with E-state index in [9.17, 15) is 4.39 Å². The summed E-state index contributed by atoms with van der Waals surface area (Å²) in [7, 11) is 0. The van der Waals surface area contributed by atoms with Crippen molar-refractivity contribution in [3.8, 4) is 0 Å². The molecule has 0 amide bonds. The van der Waals surface area contributed by atoms with Gasteiger partial charge in [0.1, 0.15) is 11.6 Å². The van der Waals surface area contributed by atoms with Crippen molar-refractivity contribution < 1.29 is 4.39 Å². The van der Waals surface area contributed by atoms with Crippen LogP contribution in [-0.4, -0.2) is 9.97 Å². The van der Waals surface area contributed by atoms with Crippen molar-refractivity contribution >= 4 is 0 Å². The van der Waals surface area contributed by atoms with Gasteiger partial charge in [-0.1, -0.05) is 12.1 Å². The number of benzene rings is 1. The lowest BCUT2D eigenvalue weighted by atomic mass is 10.1. The Morgan fingerprint density at radius 2 is 2.12 bits per heavy atom. The molecule has 0 fully saturated rings. The van der Waals surface area contributed by atoms with E-state index in [-0.39, 0.29) is 5.82 Å². The van der Waals surface area contributed by atoms with Gasteiger partial charge in [-0.15, -0.1) is 0 Å². The van der Waals surface area contributed by atoms with Crippen LogP contribution in [-0.2, 0) is 13.0 Å². The Labute approximate surface area is 93.2 Å². The van der Waals surface area contributed by atoms with Gasteiger partial charge in [0, 0.05) is 19.2 Å². The number of nitrogens with two attached hydrogens (primary N) is 1. The SMILES string of the molecule is NCc1ccnc(Cc2cccc(F)c2)n1. The molecule has 0 aliphatic heterocycles. The molecule has 0 saturated carbocycles. The molecule has 0 aliphatic carbocycles. The molecule has 16 heavy (non-hydrogen) atoms. The van der Waals surface area contributed by atoms with E-state index in [1.54, 1.807) is 18.3 Å². The molecule has 0 unspecified atom stereocenters. The van der Waals surface area contributed by atoms with Gasteiger partial charge in [0.15, 0.2) is 0 Å². The molecular weight excluding hydrogens is 205 g/mol. The van der Waals surface area contributed by atoms with Gasteiger partial charge >= 0.3 is 0 Å². The summed E-state index contributed by atoms with van der Waals surface area (Å²) in [5, 5.41) is 0. The Morgan fingerprint density at radius 1 is 1.25 bits per heavy atom. The summed E-state index contributed by atoms with van der Waals surface area (Å²) in [6.07, 6.45) is 2.19. The van der Waals surface area contributed by atoms with Gasteiger partial charge in [-0.3, -0.25) is 0 Å². The molecule has 3 nitrogen and oxygen atoms in total. The average Bonchev–Trinajstić information content (AvgIpc) is 2.29. The van der Waals surface area contributed by atoms with E-state index in [0.717, 1.165) is 11.3 Å². The van der Waals surface area contributed by atoms with Gasteiger partial charge in [-0.25, -0.2) is 14.4 Å². The number of aromatic nitrogens is 2. The van der Waals surface area contributed by atoms with E-state index < -0.39 is 0 Å². The van der Waals surface area contributed by atoms with E-state index in [4.69, 9.17) is 5.73 Å². The lowest BCUT2D eigenvalue weighted by molar-refractivity contribution is 0.625. The molecule has 0 saturated heterocycles. The van der Waals surface area contributed by atoms with Crippen molar-refractivity contribution in [1.82, 2.24) is 9.97 Å². The molecule has 0 aliphatic rings. The number of hydrogen-bond acceptors (Lipinski definition) is 3. The molecule has 4 heteroatoms. The summed E-state index contributed by atoms with van der Waals surface area (Å²) < 4.78 is 13.0. The molecule has 2 N–H and O–H groups in total. The quantitative estimate of drug-likeness (QED) is 0.850. The zero-order chi connectivity index (χ0) is 11.4. The van der Waals surface area contributed by atoms with Crippen LogP contribution in [0.25, 0.3) is 0 Å². The third-order valence-corrected chi connectivity index (χ3v) is 2.22. The molecule has 0 radical (unpaired) electrons. The molecule has 1 heterocycles. The minimum absolute atomic E-state index is 0.243. The topological polar surface area (TPSA) is 51.8 Å². The summed E-state index contributed by atoms with van der Waals surface area (Å²) >= 11 is 0. The maximum atomic E-state index is 13.0. The van der Waals surface area contributed by atoms with Gasteiger partial charge in [0.05, 0.1) is 5.69 Å². The normalized spacial score (nSPS) is 10.4. The molecule has 1 aromatic carbocycles. The van der Waals surface area contributed by atoms with Crippen molar-refractivity contribution in [1.29, 1.82) is 0 Å². The zero-order valence-electron chi connectivity index (χ0n) is 8.73. The van der Waals surface area contributed by atoms with Crippen molar-refractivity contribution in [3.05, 3.63) is 59.4 Å². The van der Waals surface area contributed by atoms with Crippen LogP contribution in [0.2, 0.25) is 0 Å². The second-order valence-corrected chi connectivity index (χ2v) is 3.48. The Morgan fingerprint density at radius 3 is 2.88 bits per heavy atom. The monoisotopic (exact) mass is 217 g/mol. The van der Waals surface area contributed by atoms with E-state index in [2.05, 4.69) is 9.97 Å². The van der Waals surface area contributed by atoms with Gasteiger partial charge in [0.2, 0.25) is 0 Å². The third kappa shape index (κ3) is 2.61. The second-order valence-electron chi connectivity index (χ2n) is 3.48. The highest BCUT2D eigenvalue weighted by atomic mass is 19.1. The maximum absolute atomic E-state index is 13.0. The van der Waals surface area contributed by atoms with Crippen LogP contribution >= 0.6 is 0 Å². The van der Waals surface area contributed by atoms with Crippen LogP contribution in [0.1, 0.15) is 17.1 Å². The molecule has 1 aromatic heterocycles. The first-order valence-corrected chi connectivity index (χ1v) is 5.03. The lowest BCUT2D eigenvalue weighted by Crippen LogP contribution is -2.04. The zero-order valence-corrected chi connectivity index (χ0v) is 8.73.